The number of aliphatic hydroxyl groups excluding tert-OH is 2. The first-order valence-corrected chi connectivity index (χ1v) is 4.86. The number of hydrogen-bond acceptors (Lipinski definition) is 4. The van der Waals surface area contributed by atoms with E-state index in [1.807, 2.05) is 0 Å². The number of carbonyl (C=O) groups is 1. The van der Waals surface area contributed by atoms with Gasteiger partial charge >= 0.3 is 5.97 Å². The van der Waals surface area contributed by atoms with Crippen LogP contribution in [0.3, 0.4) is 0 Å². The molecule has 5 nitrogen and oxygen atoms in total. The van der Waals surface area contributed by atoms with Crippen LogP contribution in [0.5, 0.6) is 5.75 Å². The van der Waals surface area contributed by atoms with Crippen LogP contribution >= 0.6 is 0 Å². The first-order valence-electron chi connectivity index (χ1n) is 4.86. The first kappa shape index (κ1) is 13.4. The molecular formula is C11H13FO5. The molecule has 0 radical (unpaired) electrons. The summed E-state index contributed by atoms with van der Waals surface area (Å²) in [6, 6.07) is 3.46. The third kappa shape index (κ3) is 3.69. The van der Waals surface area contributed by atoms with Crippen LogP contribution in [0.25, 0.3) is 0 Å². The van der Waals surface area contributed by atoms with Gasteiger partial charge in [0.15, 0.2) is 0 Å². The SMILES string of the molecule is COc1cc(F)cc(C(O)C(O)CC(=O)O)c1. The Morgan fingerprint density at radius 3 is 2.59 bits per heavy atom. The summed E-state index contributed by atoms with van der Waals surface area (Å²) >= 11 is 0. The van der Waals surface area contributed by atoms with E-state index in [9.17, 15) is 19.4 Å². The Morgan fingerprint density at radius 1 is 1.41 bits per heavy atom. The van der Waals surface area contributed by atoms with Crippen LogP contribution < -0.4 is 4.74 Å². The lowest BCUT2D eigenvalue weighted by Crippen LogP contribution is -2.21. The third-order valence-electron chi connectivity index (χ3n) is 2.22. The number of aliphatic hydroxyl groups is 2. The molecule has 0 aliphatic rings. The van der Waals surface area contributed by atoms with E-state index in [0.717, 1.165) is 12.1 Å². The maximum absolute atomic E-state index is 13.1. The zero-order valence-corrected chi connectivity index (χ0v) is 9.13. The molecule has 17 heavy (non-hydrogen) atoms. The number of carboxylic acids is 1. The van der Waals surface area contributed by atoms with Crippen molar-refractivity contribution in [3.63, 3.8) is 0 Å². The summed E-state index contributed by atoms with van der Waals surface area (Å²) < 4.78 is 17.9. The summed E-state index contributed by atoms with van der Waals surface area (Å²) in [6.45, 7) is 0. The second-order valence-corrected chi connectivity index (χ2v) is 3.53. The number of rotatable bonds is 5. The van der Waals surface area contributed by atoms with Crippen LogP contribution in [-0.4, -0.2) is 34.5 Å². The Balaban J connectivity index is 2.91. The second-order valence-electron chi connectivity index (χ2n) is 3.53. The van der Waals surface area contributed by atoms with Gasteiger partial charge in [-0.1, -0.05) is 0 Å². The smallest absolute Gasteiger partial charge is 0.306 e. The van der Waals surface area contributed by atoms with Gasteiger partial charge in [0.2, 0.25) is 0 Å². The molecule has 1 rings (SSSR count). The van der Waals surface area contributed by atoms with Crippen LogP contribution in [0.1, 0.15) is 18.1 Å². The zero-order valence-electron chi connectivity index (χ0n) is 9.13. The van der Waals surface area contributed by atoms with Gasteiger partial charge in [0.1, 0.15) is 17.7 Å². The molecule has 0 amide bonds. The highest BCUT2D eigenvalue weighted by Gasteiger charge is 2.22. The quantitative estimate of drug-likeness (QED) is 0.709. The Morgan fingerprint density at radius 2 is 2.06 bits per heavy atom. The first-order chi connectivity index (χ1) is 7.93. The van der Waals surface area contributed by atoms with Crippen molar-refractivity contribution in [3.05, 3.63) is 29.6 Å². The fourth-order valence-corrected chi connectivity index (χ4v) is 1.39. The lowest BCUT2D eigenvalue weighted by molar-refractivity contribution is -0.141. The van der Waals surface area contributed by atoms with E-state index in [0.29, 0.717) is 0 Å². The van der Waals surface area contributed by atoms with Crippen LogP contribution in [0.15, 0.2) is 18.2 Å². The molecule has 0 saturated carbocycles. The predicted octanol–water partition coefficient (Wildman–Crippen LogP) is 0.703. The third-order valence-corrected chi connectivity index (χ3v) is 2.22. The molecule has 2 unspecified atom stereocenters. The van der Waals surface area contributed by atoms with Gasteiger partial charge < -0.3 is 20.1 Å². The number of methoxy groups -OCH3 is 1. The average molecular weight is 244 g/mol. The summed E-state index contributed by atoms with van der Waals surface area (Å²) in [6.07, 6.45) is -3.60. The van der Waals surface area contributed by atoms with Gasteiger partial charge in [-0.25, -0.2) is 4.39 Å². The Kier molecular flexibility index (Phi) is 4.42. The molecule has 6 heteroatoms. The molecule has 94 valence electrons. The number of ether oxygens (including phenoxy) is 1. The standard InChI is InChI=1S/C11H13FO5/c1-17-8-3-6(2-7(12)4-8)11(16)9(13)5-10(14)15/h2-4,9,11,13,16H,5H2,1H3,(H,14,15). The van der Waals surface area contributed by atoms with Crippen LogP contribution in [-0.2, 0) is 4.79 Å². The molecule has 0 aliphatic carbocycles. The van der Waals surface area contributed by atoms with E-state index in [-0.39, 0.29) is 11.3 Å². The number of halogens is 1. The van der Waals surface area contributed by atoms with Gasteiger partial charge in [0, 0.05) is 6.07 Å². The maximum atomic E-state index is 13.1. The van der Waals surface area contributed by atoms with Crippen molar-refractivity contribution in [1.29, 1.82) is 0 Å². The normalized spacial score (nSPS) is 14.1. The van der Waals surface area contributed by atoms with Crippen molar-refractivity contribution < 1.29 is 29.2 Å². The summed E-state index contributed by atoms with van der Waals surface area (Å²) in [5.41, 5.74) is 0.0654. The largest absolute Gasteiger partial charge is 0.497 e. The topological polar surface area (TPSA) is 87.0 Å². The lowest BCUT2D eigenvalue weighted by atomic mass is 10.0. The van der Waals surface area contributed by atoms with Gasteiger partial charge in [0.25, 0.3) is 0 Å². The number of hydrogen-bond donors (Lipinski definition) is 3. The Labute approximate surface area is 97.1 Å². The Hall–Kier alpha value is -1.66. The molecule has 0 fully saturated rings. The van der Waals surface area contributed by atoms with Crippen molar-refractivity contribution in [2.24, 2.45) is 0 Å². The number of carboxylic acid groups (broad SMARTS) is 1. The molecule has 0 aliphatic heterocycles. The monoisotopic (exact) mass is 244 g/mol. The van der Waals surface area contributed by atoms with Gasteiger partial charge in [-0.3, -0.25) is 4.79 Å². The molecule has 0 spiro atoms. The molecule has 2 atom stereocenters. The van der Waals surface area contributed by atoms with Gasteiger partial charge in [-0.15, -0.1) is 0 Å². The maximum Gasteiger partial charge on any atom is 0.306 e. The highest BCUT2D eigenvalue weighted by atomic mass is 19.1. The fraction of sp³-hybridized carbons (Fsp3) is 0.364. The molecular weight excluding hydrogens is 231 g/mol. The molecule has 0 aromatic heterocycles. The predicted molar refractivity (Wildman–Crippen MR) is 56.2 cm³/mol. The lowest BCUT2D eigenvalue weighted by Gasteiger charge is -2.17. The van der Waals surface area contributed by atoms with E-state index in [1.165, 1.54) is 13.2 Å². The highest BCUT2D eigenvalue weighted by Crippen LogP contribution is 2.24. The van der Waals surface area contributed by atoms with E-state index in [4.69, 9.17) is 9.84 Å². The van der Waals surface area contributed by atoms with E-state index >= 15 is 0 Å². The minimum absolute atomic E-state index is 0.0654. The van der Waals surface area contributed by atoms with Gasteiger partial charge in [-0.2, -0.15) is 0 Å². The Bertz CT molecular complexity index is 407. The molecule has 0 heterocycles. The second kappa shape index (κ2) is 5.60. The van der Waals surface area contributed by atoms with E-state index in [1.54, 1.807) is 0 Å². The van der Waals surface area contributed by atoms with Crippen LogP contribution in [0, 0.1) is 5.82 Å². The van der Waals surface area contributed by atoms with Crippen LogP contribution in [0.4, 0.5) is 4.39 Å². The van der Waals surface area contributed by atoms with Crippen molar-refractivity contribution in [2.45, 2.75) is 18.6 Å². The number of aliphatic carboxylic acids is 1. The summed E-state index contributed by atoms with van der Waals surface area (Å²) in [7, 11) is 1.33. The van der Waals surface area contributed by atoms with Crippen molar-refractivity contribution in [3.8, 4) is 5.75 Å². The summed E-state index contributed by atoms with van der Waals surface area (Å²) in [4.78, 5) is 10.4. The summed E-state index contributed by atoms with van der Waals surface area (Å²) in [5, 5.41) is 27.5. The molecule has 3 N–H and O–H groups in total. The average Bonchev–Trinajstić information content (AvgIpc) is 2.26. The highest BCUT2D eigenvalue weighted by molar-refractivity contribution is 5.67. The minimum Gasteiger partial charge on any atom is -0.497 e. The van der Waals surface area contributed by atoms with Crippen molar-refractivity contribution in [1.82, 2.24) is 0 Å². The minimum atomic E-state index is -1.50. The van der Waals surface area contributed by atoms with E-state index < -0.39 is 30.4 Å². The molecule has 0 saturated heterocycles. The zero-order chi connectivity index (χ0) is 13.0. The molecule has 0 bridgehead atoms. The van der Waals surface area contributed by atoms with E-state index in [2.05, 4.69) is 0 Å². The number of benzene rings is 1. The van der Waals surface area contributed by atoms with Crippen molar-refractivity contribution >= 4 is 5.97 Å². The van der Waals surface area contributed by atoms with Crippen molar-refractivity contribution in [2.75, 3.05) is 7.11 Å². The molecule has 1 aromatic carbocycles. The summed E-state index contributed by atoms with van der Waals surface area (Å²) in [5.74, 6) is -1.71. The van der Waals surface area contributed by atoms with Gasteiger partial charge in [-0.05, 0) is 17.7 Å². The van der Waals surface area contributed by atoms with Crippen LogP contribution in [0.2, 0.25) is 0 Å². The fourth-order valence-electron chi connectivity index (χ4n) is 1.39. The van der Waals surface area contributed by atoms with Gasteiger partial charge in [0.05, 0.1) is 19.6 Å². The molecule has 1 aromatic rings.